The van der Waals surface area contributed by atoms with E-state index in [0.717, 1.165) is 31.6 Å². The molecule has 1 aromatic heterocycles. The molecule has 1 aliphatic rings. The van der Waals surface area contributed by atoms with Crippen LogP contribution in [0.4, 0.5) is 5.69 Å². The first-order chi connectivity index (χ1) is 9.90. The van der Waals surface area contributed by atoms with Crippen molar-refractivity contribution >= 4 is 5.69 Å². The molecule has 0 radical (unpaired) electrons. The molecule has 1 aromatic carbocycles. The largest absolute Gasteiger partial charge is 0.497 e. The first-order valence-electron chi connectivity index (χ1n) is 6.86. The topological polar surface area (TPSA) is 52.0 Å². The average Bonchev–Trinajstić information content (AvgIpc) is 3.01. The van der Waals surface area contributed by atoms with Crippen LogP contribution >= 0.6 is 0 Å². The lowest BCUT2D eigenvalue weighted by molar-refractivity contribution is 0.135. The molecular formula is C15H18N4O. The predicted molar refractivity (Wildman–Crippen MR) is 77.3 cm³/mol. The molecule has 104 valence electrons. The highest BCUT2D eigenvalue weighted by molar-refractivity contribution is 5.44. The molecule has 20 heavy (non-hydrogen) atoms. The number of ether oxygens (including phenoxy) is 1. The number of rotatable bonds is 5. The van der Waals surface area contributed by atoms with Gasteiger partial charge in [-0.2, -0.15) is 5.10 Å². The molecule has 0 bridgehead atoms. The van der Waals surface area contributed by atoms with Crippen molar-refractivity contribution in [3.05, 3.63) is 54.8 Å². The van der Waals surface area contributed by atoms with Crippen LogP contribution in [0.3, 0.4) is 0 Å². The van der Waals surface area contributed by atoms with Gasteiger partial charge in [0.25, 0.3) is 0 Å². The third kappa shape index (κ3) is 3.38. The number of nitrogens with zero attached hydrogens (tertiary/aromatic N) is 3. The summed E-state index contributed by atoms with van der Waals surface area (Å²) in [5, 5.41) is 7.51. The summed E-state index contributed by atoms with van der Waals surface area (Å²) in [6.07, 6.45) is 9.59. The maximum absolute atomic E-state index is 5.53. The molecule has 1 unspecified atom stereocenters. The Morgan fingerprint density at radius 2 is 2.20 bits per heavy atom. The van der Waals surface area contributed by atoms with Crippen molar-refractivity contribution in [2.75, 3.05) is 11.9 Å². The van der Waals surface area contributed by atoms with E-state index in [9.17, 15) is 0 Å². The summed E-state index contributed by atoms with van der Waals surface area (Å²) in [6.45, 7) is 1.59. The maximum Gasteiger partial charge on any atom is 0.137 e. The fraction of sp³-hybridized carbons (Fsp3) is 0.333. The van der Waals surface area contributed by atoms with Gasteiger partial charge in [-0.15, -0.1) is 0 Å². The number of hydrogen-bond acceptors (Lipinski definition) is 4. The summed E-state index contributed by atoms with van der Waals surface area (Å²) in [5.74, 6) is 0. The molecule has 0 saturated carbocycles. The number of anilines is 1. The first kappa shape index (κ1) is 12.7. The smallest absolute Gasteiger partial charge is 0.137 e. The molecule has 0 saturated heterocycles. The fourth-order valence-electron chi connectivity index (χ4n) is 2.20. The standard InChI is InChI=1S/C15H18N4O/c1-2-8-20-15(3-1)9-17-14-6-4-13(5-7-14)10-19-12-16-11-18-19/h2,4-8,11-12,15,17H,1,3,9-10H2. The van der Waals surface area contributed by atoms with E-state index >= 15 is 0 Å². The van der Waals surface area contributed by atoms with Gasteiger partial charge in [0.05, 0.1) is 19.4 Å². The Bertz CT molecular complexity index is 548. The molecule has 1 atom stereocenters. The molecule has 5 heteroatoms. The first-order valence-corrected chi connectivity index (χ1v) is 6.86. The van der Waals surface area contributed by atoms with Gasteiger partial charge in [0.2, 0.25) is 0 Å². The highest BCUT2D eigenvalue weighted by Gasteiger charge is 2.10. The van der Waals surface area contributed by atoms with E-state index in [1.165, 1.54) is 5.56 Å². The van der Waals surface area contributed by atoms with Crippen molar-refractivity contribution in [3.8, 4) is 0 Å². The summed E-state index contributed by atoms with van der Waals surface area (Å²) < 4.78 is 7.34. The van der Waals surface area contributed by atoms with Crippen LogP contribution in [-0.4, -0.2) is 27.4 Å². The Morgan fingerprint density at radius 1 is 1.30 bits per heavy atom. The summed E-state index contributed by atoms with van der Waals surface area (Å²) >= 11 is 0. The lowest BCUT2D eigenvalue weighted by atomic mass is 10.1. The van der Waals surface area contributed by atoms with Gasteiger partial charge in [-0.3, -0.25) is 0 Å². The molecule has 0 amide bonds. The van der Waals surface area contributed by atoms with E-state index in [0.29, 0.717) is 0 Å². The minimum absolute atomic E-state index is 0.273. The van der Waals surface area contributed by atoms with E-state index in [1.54, 1.807) is 18.9 Å². The van der Waals surface area contributed by atoms with Crippen molar-refractivity contribution in [1.29, 1.82) is 0 Å². The van der Waals surface area contributed by atoms with Crippen molar-refractivity contribution in [1.82, 2.24) is 14.8 Å². The highest BCUT2D eigenvalue weighted by Crippen LogP contribution is 2.14. The number of aromatic nitrogens is 3. The summed E-state index contributed by atoms with van der Waals surface area (Å²) in [5.41, 5.74) is 2.32. The molecule has 3 rings (SSSR count). The van der Waals surface area contributed by atoms with Crippen LogP contribution < -0.4 is 5.32 Å². The van der Waals surface area contributed by atoms with Gasteiger partial charge in [0.15, 0.2) is 0 Å². The SMILES string of the molecule is C1=COC(CNc2ccc(Cn3cncn3)cc2)CC1. The van der Waals surface area contributed by atoms with E-state index < -0.39 is 0 Å². The van der Waals surface area contributed by atoms with Gasteiger partial charge in [-0.05, 0) is 36.6 Å². The van der Waals surface area contributed by atoms with E-state index in [2.05, 4.69) is 45.7 Å². The molecule has 5 nitrogen and oxygen atoms in total. The molecule has 1 N–H and O–H groups in total. The molecule has 1 aliphatic heterocycles. The third-order valence-corrected chi connectivity index (χ3v) is 3.32. The van der Waals surface area contributed by atoms with Crippen molar-refractivity contribution < 1.29 is 4.74 Å². The zero-order chi connectivity index (χ0) is 13.6. The fourth-order valence-corrected chi connectivity index (χ4v) is 2.20. The maximum atomic E-state index is 5.53. The number of nitrogens with one attached hydrogen (secondary N) is 1. The Morgan fingerprint density at radius 3 is 2.90 bits per heavy atom. The minimum Gasteiger partial charge on any atom is -0.497 e. The molecular weight excluding hydrogens is 252 g/mol. The number of benzene rings is 1. The second-order valence-corrected chi connectivity index (χ2v) is 4.88. The summed E-state index contributed by atoms with van der Waals surface area (Å²) in [6, 6.07) is 8.38. The molecule has 2 heterocycles. The van der Waals surface area contributed by atoms with Gasteiger partial charge in [-0.1, -0.05) is 12.1 Å². The van der Waals surface area contributed by atoms with Crippen molar-refractivity contribution in [2.24, 2.45) is 0 Å². The monoisotopic (exact) mass is 270 g/mol. The molecule has 2 aromatic rings. The number of allylic oxidation sites excluding steroid dienone is 1. The Kier molecular flexibility index (Phi) is 3.96. The normalized spacial score (nSPS) is 17.7. The summed E-state index contributed by atoms with van der Waals surface area (Å²) in [7, 11) is 0. The Hall–Kier alpha value is -2.30. The van der Waals surface area contributed by atoms with Crippen molar-refractivity contribution in [3.63, 3.8) is 0 Å². The van der Waals surface area contributed by atoms with Crippen LogP contribution in [0, 0.1) is 0 Å². The average molecular weight is 270 g/mol. The van der Waals surface area contributed by atoms with Crippen LogP contribution in [0.2, 0.25) is 0 Å². The zero-order valence-electron chi connectivity index (χ0n) is 11.3. The second-order valence-electron chi connectivity index (χ2n) is 4.88. The lowest BCUT2D eigenvalue weighted by Crippen LogP contribution is -2.22. The van der Waals surface area contributed by atoms with Gasteiger partial charge in [0.1, 0.15) is 18.8 Å². The van der Waals surface area contributed by atoms with Gasteiger partial charge in [0, 0.05) is 5.69 Å². The van der Waals surface area contributed by atoms with Crippen LogP contribution in [0.25, 0.3) is 0 Å². The molecule has 0 fully saturated rings. The quantitative estimate of drug-likeness (QED) is 0.906. The zero-order valence-corrected chi connectivity index (χ0v) is 11.3. The third-order valence-electron chi connectivity index (χ3n) is 3.32. The van der Waals surface area contributed by atoms with E-state index in [4.69, 9.17) is 4.74 Å². The van der Waals surface area contributed by atoms with Gasteiger partial charge >= 0.3 is 0 Å². The number of hydrogen-bond donors (Lipinski definition) is 1. The lowest BCUT2D eigenvalue weighted by Gasteiger charge is -2.20. The Labute approximate surface area is 118 Å². The summed E-state index contributed by atoms with van der Waals surface area (Å²) in [4.78, 5) is 3.94. The Balaban J connectivity index is 1.52. The van der Waals surface area contributed by atoms with Crippen LogP contribution in [0.1, 0.15) is 18.4 Å². The van der Waals surface area contributed by atoms with Crippen molar-refractivity contribution in [2.45, 2.75) is 25.5 Å². The molecule has 0 aliphatic carbocycles. The predicted octanol–water partition coefficient (Wildman–Crippen LogP) is 2.43. The minimum atomic E-state index is 0.273. The van der Waals surface area contributed by atoms with Gasteiger partial charge < -0.3 is 10.1 Å². The van der Waals surface area contributed by atoms with E-state index in [-0.39, 0.29) is 6.10 Å². The highest BCUT2D eigenvalue weighted by atomic mass is 16.5. The van der Waals surface area contributed by atoms with E-state index in [1.807, 2.05) is 4.68 Å². The van der Waals surface area contributed by atoms with Crippen LogP contribution in [0.5, 0.6) is 0 Å². The van der Waals surface area contributed by atoms with Crippen LogP contribution in [-0.2, 0) is 11.3 Å². The van der Waals surface area contributed by atoms with Gasteiger partial charge in [-0.25, -0.2) is 9.67 Å². The van der Waals surface area contributed by atoms with Crippen LogP contribution in [0.15, 0.2) is 49.3 Å². The second kappa shape index (κ2) is 6.23. The molecule has 0 spiro atoms.